The monoisotopic (exact) mass is 775 g/mol. The molecule has 3 saturated heterocycles. The van der Waals surface area contributed by atoms with Gasteiger partial charge in [-0.15, -0.1) is 0 Å². The van der Waals surface area contributed by atoms with Gasteiger partial charge in [0.25, 0.3) is 0 Å². The second-order valence-electron chi connectivity index (χ2n) is 15.9. The molecule has 2 aromatic carbocycles. The van der Waals surface area contributed by atoms with Crippen LogP contribution in [0.15, 0.2) is 67.1 Å². The van der Waals surface area contributed by atoms with Crippen LogP contribution in [-0.4, -0.2) is 124 Å². The number of pyridine rings is 1. The molecule has 15 heteroatoms. The van der Waals surface area contributed by atoms with Crippen molar-refractivity contribution in [3.8, 4) is 0 Å². The van der Waals surface area contributed by atoms with Gasteiger partial charge in [0.1, 0.15) is 12.1 Å². The van der Waals surface area contributed by atoms with Crippen LogP contribution in [-0.2, 0) is 22.6 Å². The van der Waals surface area contributed by atoms with Crippen molar-refractivity contribution >= 4 is 46.2 Å². The van der Waals surface area contributed by atoms with E-state index in [4.69, 9.17) is 0 Å². The summed E-state index contributed by atoms with van der Waals surface area (Å²) in [4.78, 5) is 67.8. The van der Waals surface area contributed by atoms with Crippen LogP contribution in [0.2, 0.25) is 0 Å². The predicted octanol–water partition coefficient (Wildman–Crippen LogP) is 3.62. The molecule has 0 bridgehead atoms. The molecule has 6 heterocycles. The van der Waals surface area contributed by atoms with Crippen LogP contribution in [0.1, 0.15) is 48.8 Å². The summed E-state index contributed by atoms with van der Waals surface area (Å²) in [6.45, 7) is 7.63. The summed E-state index contributed by atoms with van der Waals surface area (Å²) in [5.41, 5.74) is 5.77. The number of hydrogen-bond donors (Lipinski definition) is 5. The Labute approximate surface area is 332 Å². The van der Waals surface area contributed by atoms with Crippen LogP contribution in [0.4, 0.5) is 21.0 Å². The molecule has 4 aliphatic heterocycles. The highest BCUT2D eigenvalue weighted by atomic mass is 16.2. The minimum atomic E-state index is -0.935. The minimum Gasteiger partial charge on any atom is -0.368 e. The molecule has 4 aromatic rings. The first-order valence-electron chi connectivity index (χ1n) is 20.4. The standard InChI is InChI=1S/C42H53N11O4/c1-28-22-30(23-32-26-45-49-38(28)32)25-36(48-41(56)52-16-10-34(11-17-52)53-27-31-4-2-3-5-35(31)47-42(53)57)39(54)46-37(24-29-6-12-43-13-7-29)40(55)51-20-18-50(19-21-51)33-8-14-44-15-9-33/h2-5,8-9,14-15,22-23,26,29,34,36-37,43H,6-7,10-13,16-21,24-25,27H2,1H3,(H,45,49)(H,46,54)(H,47,57)(H,48,56). The first-order chi connectivity index (χ1) is 27.8. The molecule has 4 aliphatic rings. The number of aromatic nitrogens is 3. The lowest BCUT2D eigenvalue weighted by atomic mass is 9.90. The van der Waals surface area contributed by atoms with E-state index >= 15 is 0 Å². The van der Waals surface area contributed by atoms with Gasteiger partial charge in [-0.2, -0.15) is 5.10 Å². The Kier molecular flexibility index (Phi) is 11.5. The van der Waals surface area contributed by atoms with E-state index in [0.717, 1.165) is 64.9 Å². The van der Waals surface area contributed by atoms with E-state index in [-0.39, 0.29) is 42.3 Å². The number of rotatable bonds is 10. The number of fused-ring (bicyclic) bond motifs is 2. The largest absolute Gasteiger partial charge is 0.368 e. The summed E-state index contributed by atoms with van der Waals surface area (Å²) in [7, 11) is 0. The molecule has 5 N–H and O–H groups in total. The maximum absolute atomic E-state index is 14.5. The topological polar surface area (TPSA) is 171 Å². The van der Waals surface area contributed by atoms with Crippen LogP contribution in [0.3, 0.4) is 0 Å². The molecule has 3 fully saturated rings. The molecule has 0 saturated carbocycles. The molecular weight excluding hydrogens is 723 g/mol. The van der Waals surface area contributed by atoms with Gasteiger partial charge in [0, 0.05) is 87.4 Å². The summed E-state index contributed by atoms with van der Waals surface area (Å²) < 4.78 is 0. The van der Waals surface area contributed by atoms with Gasteiger partial charge in [0.05, 0.1) is 11.7 Å². The molecule has 300 valence electrons. The van der Waals surface area contributed by atoms with Crippen molar-refractivity contribution in [3.63, 3.8) is 0 Å². The van der Waals surface area contributed by atoms with Crippen LogP contribution in [0.5, 0.6) is 0 Å². The van der Waals surface area contributed by atoms with E-state index in [1.165, 1.54) is 0 Å². The van der Waals surface area contributed by atoms with Crippen LogP contribution in [0.25, 0.3) is 10.9 Å². The fourth-order valence-corrected chi connectivity index (χ4v) is 8.92. The summed E-state index contributed by atoms with van der Waals surface area (Å²) in [6, 6.07) is 13.7. The van der Waals surface area contributed by atoms with Crippen molar-refractivity contribution in [2.75, 3.05) is 62.6 Å². The fraction of sp³-hybridized carbons (Fsp3) is 0.476. The highest BCUT2D eigenvalue weighted by Crippen LogP contribution is 2.28. The summed E-state index contributed by atoms with van der Waals surface area (Å²) in [6.07, 6.45) is 9.20. The van der Waals surface area contributed by atoms with Crippen molar-refractivity contribution in [2.24, 2.45) is 5.92 Å². The lowest BCUT2D eigenvalue weighted by Crippen LogP contribution is -2.59. The van der Waals surface area contributed by atoms with Gasteiger partial charge in [-0.25, -0.2) is 9.59 Å². The molecule has 15 nitrogen and oxygen atoms in total. The smallest absolute Gasteiger partial charge is 0.322 e. The van der Waals surface area contributed by atoms with Crippen molar-refractivity contribution in [3.05, 3.63) is 83.8 Å². The van der Waals surface area contributed by atoms with Crippen LogP contribution in [0, 0.1) is 12.8 Å². The highest BCUT2D eigenvalue weighted by Gasteiger charge is 2.36. The van der Waals surface area contributed by atoms with E-state index in [1.54, 1.807) is 23.5 Å². The number of H-pyrrole nitrogens is 1. The molecule has 8 rings (SSSR count). The third-order valence-electron chi connectivity index (χ3n) is 12.2. The molecule has 57 heavy (non-hydrogen) atoms. The normalized spacial score (nSPS) is 19.1. The molecule has 2 aromatic heterocycles. The Morgan fingerprint density at radius 2 is 1.63 bits per heavy atom. The zero-order chi connectivity index (χ0) is 39.3. The van der Waals surface area contributed by atoms with Gasteiger partial charge in [0.2, 0.25) is 11.8 Å². The Morgan fingerprint density at radius 1 is 0.877 bits per heavy atom. The van der Waals surface area contributed by atoms with Crippen LogP contribution < -0.4 is 26.2 Å². The first kappa shape index (κ1) is 38.2. The third kappa shape index (κ3) is 8.83. The Bertz CT molecular complexity index is 2050. The SMILES string of the molecule is Cc1cc(CC(NC(=O)N2CCC(N3Cc4ccccc4NC3=O)CC2)C(=O)NC(CC2CCNCC2)C(=O)N2CCN(c3ccncc3)CC2)cc2cn[nH]c12. The highest BCUT2D eigenvalue weighted by molar-refractivity contribution is 5.93. The maximum Gasteiger partial charge on any atom is 0.322 e. The Balaban J connectivity index is 0.967. The van der Waals surface area contributed by atoms with Gasteiger partial charge < -0.3 is 40.9 Å². The van der Waals surface area contributed by atoms with E-state index < -0.39 is 12.1 Å². The molecule has 2 atom stereocenters. The second kappa shape index (κ2) is 17.2. The molecule has 0 radical (unpaired) electrons. The molecular formula is C42H53N11O4. The molecule has 6 amide bonds. The number of nitrogens with zero attached hydrogens (tertiary/aromatic N) is 6. The number of piperidine rings is 2. The molecule has 2 unspecified atom stereocenters. The van der Waals surface area contributed by atoms with E-state index in [0.29, 0.717) is 65.1 Å². The predicted molar refractivity (Wildman–Crippen MR) is 218 cm³/mol. The van der Waals surface area contributed by atoms with Gasteiger partial charge in [-0.1, -0.05) is 24.3 Å². The Hall–Kier alpha value is -5.70. The number of benzene rings is 2. The number of hydrogen-bond acceptors (Lipinski definition) is 8. The van der Waals surface area contributed by atoms with E-state index in [1.807, 2.05) is 65.3 Å². The number of anilines is 2. The number of aryl methyl sites for hydroxylation is 1. The lowest BCUT2D eigenvalue weighted by molar-refractivity contribution is -0.137. The first-order valence-corrected chi connectivity index (χ1v) is 20.4. The number of nitrogens with one attached hydrogen (secondary N) is 5. The zero-order valence-corrected chi connectivity index (χ0v) is 32.6. The maximum atomic E-state index is 14.5. The summed E-state index contributed by atoms with van der Waals surface area (Å²) in [5.74, 6) is -0.174. The fourth-order valence-electron chi connectivity index (χ4n) is 8.92. The lowest BCUT2D eigenvalue weighted by Gasteiger charge is -2.41. The minimum absolute atomic E-state index is 0.0144. The van der Waals surface area contributed by atoms with Gasteiger partial charge in [-0.3, -0.25) is 19.7 Å². The summed E-state index contributed by atoms with van der Waals surface area (Å²) >= 11 is 0. The average Bonchev–Trinajstić information content (AvgIpc) is 3.73. The number of para-hydroxylation sites is 1. The van der Waals surface area contributed by atoms with Crippen LogP contribution >= 0.6 is 0 Å². The molecule has 0 spiro atoms. The van der Waals surface area contributed by atoms with Crippen molar-refractivity contribution < 1.29 is 19.2 Å². The van der Waals surface area contributed by atoms with E-state index in [2.05, 4.69) is 41.3 Å². The summed E-state index contributed by atoms with van der Waals surface area (Å²) in [5, 5.41) is 20.8. The number of carbonyl (C=O) groups excluding carboxylic acids is 4. The quantitative estimate of drug-likeness (QED) is 0.163. The number of carbonyl (C=O) groups is 4. The van der Waals surface area contributed by atoms with Crippen molar-refractivity contribution in [2.45, 2.75) is 70.1 Å². The zero-order valence-electron chi connectivity index (χ0n) is 32.6. The Morgan fingerprint density at radius 3 is 2.40 bits per heavy atom. The number of aromatic amines is 1. The average molecular weight is 776 g/mol. The van der Waals surface area contributed by atoms with Crippen molar-refractivity contribution in [1.82, 2.24) is 45.8 Å². The number of likely N-dealkylation sites (tertiary alicyclic amines) is 1. The van der Waals surface area contributed by atoms with Gasteiger partial charge >= 0.3 is 12.1 Å². The molecule has 0 aliphatic carbocycles. The van der Waals surface area contributed by atoms with Gasteiger partial charge in [0.15, 0.2) is 0 Å². The van der Waals surface area contributed by atoms with Gasteiger partial charge in [-0.05, 0) is 99.0 Å². The second-order valence-corrected chi connectivity index (χ2v) is 15.9. The number of piperazine rings is 1. The number of urea groups is 2. The van der Waals surface area contributed by atoms with E-state index in [9.17, 15) is 19.2 Å². The van der Waals surface area contributed by atoms with Crippen molar-refractivity contribution in [1.29, 1.82) is 0 Å². The number of amides is 6. The third-order valence-corrected chi connectivity index (χ3v) is 12.2.